The molecule has 4 heterocycles. The van der Waals surface area contributed by atoms with Gasteiger partial charge in [-0.25, -0.2) is 4.98 Å². The Morgan fingerprint density at radius 1 is 1.18 bits per heavy atom. The molecule has 1 aliphatic rings. The summed E-state index contributed by atoms with van der Waals surface area (Å²) >= 11 is 1.35. The van der Waals surface area contributed by atoms with Crippen molar-refractivity contribution in [3.63, 3.8) is 0 Å². The van der Waals surface area contributed by atoms with E-state index in [1.807, 2.05) is 0 Å². The Kier molecular flexibility index (Phi) is 5.12. The lowest BCUT2D eigenvalue weighted by molar-refractivity contribution is -0.137. The van der Waals surface area contributed by atoms with E-state index < -0.39 is 17.6 Å². The van der Waals surface area contributed by atoms with Gasteiger partial charge in [-0.05, 0) is 36.2 Å². The van der Waals surface area contributed by atoms with E-state index in [1.54, 1.807) is 22.5 Å². The molecule has 1 aliphatic heterocycles. The minimum atomic E-state index is -4.49. The van der Waals surface area contributed by atoms with Gasteiger partial charge in [-0.3, -0.25) is 14.7 Å². The van der Waals surface area contributed by atoms with Gasteiger partial charge in [0.15, 0.2) is 5.65 Å². The first kappa shape index (κ1) is 21.1. The minimum absolute atomic E-state index is 0.0736. The molecule has 0 fully saturated rings. The second-order valence-electron chi connectivity index (χ2n) is 7.59. The van der Waals surface area contributed by atoms with Gasteiger partial charge in [-0.2, -0.15) is 18.3 Å². The number of thiophene rings is 1. The molecule has 0 radical (unpaired) electrons. The smallest absolute Gasteiger partial charge is 0.333 e. The quantitative estimate of drug-likeness (QED) is 0.461. The van der Waals surface area contributed by atoms with Crippen LogP contribution in [0.4, 0.5) is 18.9 Å². The fourth-order valence-corrected chi connectivity index (χ4v) is 4.89. The number of alkyl halides is 3. The summed E-state index contributed by atoms with van der Waals surface area (Å²) in [7, 11) is 0. The molecular weight excluding hydrogens is 455 g/mol. The Bertz CT molecular complexity index is 1380. The van der Waals surface area contributed by atoms with Gasteiger partial charge >= 0.3 is 6.18 Å². The first-order valence-electron chi connectivity index (χ1n) is 9.96. The molecule has 0 spiro atoms. The van der Waals surface area contributed by atoms with Crippen LogP contribution in [-0.4, -0.2) is 38.4 Å². The van der Waals surface area contributed by atoms with Crippen molar-refractivity contribution in [3.05, 3.63) is 75.2 Å². The largest absolute Gasteiger partial charge is 0.416 e. The summed E-state index contributed by atoms with van der Waals surface area (Å²) in [6.07, 6.45) is -0.921. The number of halogens is 3. The van der Waals surface area contributed by atoms with Crippen molar-refractivity contribution >= 4 is 39.9 Å². The molecule has 3 aromatic heterocycles. The number of aromatic nitrogens is 3. The van der Waals surface area contributed by atoms with Gasteiger partial charge in [0.25, 0.3) is 11.8 Å². The molecule has 2 N–H and O–H groups in total. The minimum Gasteiger partial charge on any atom is -0.333 e. The number of carbonyl (C=O) groups excluding carboxylic acids is 2. The van der Waals surface area contributed by atoms with Crippen LogP contribution >= 0.6 is 11.3 Å². The maximum Gasteiger partial charge on any atom is 0.416 e. The predicted molar refractivity (Wildman–Crippen MR) is 116 cm³/mol. The highest BCUT2D eigenvalue weighted by Gasteiger charge is 2.31. The number of rotatable bonds is 3. The summed E-state index contributed by atoms with van der Waals surface area (Å²) < 4.78 is 38.8. The van der Waals surface area contributed by atoms with Crippen LogP contribution in [0.5, 0.6) is 0 Å². The highest BCUT2D eigenvalue weighted by Crippen LogP contribution is 2.32. The van der Waals surface area contributed by atoms with Crippen molar-refractivity contribution < 1.29 is 22.8 Å². The number of fused-ring (bicyclic) bond motifs is 2. The summed E-state index contributed by atoms with van der Waals surface area (Å²) in [6, 6.07) is 6.25. The summed E-state index contributed by atoms with van der Waals surface area (Å²) in [5.74, 6) is -0.638. The van der Waals surface area contributed by atoms with E-state index in [2.05, 4.69) is 20.5 Å². The molecule has 1 aromatic carbocycles. The van der Waals surface area contributed by atoms with Crippen molar-refractivity contribution in [2.75, 3.05) is 11.9 Å². The number of pyridine rings is 1. The summed E-state index contributed by atoms with van der Waals surface area (Å²) in [5.41, 5.74) is 1.53. The summed E-state index contributed by atoms with van der Waals surface area (Å²) in [4.78, 5) is 32.5. The molecule has 0 bridgehead atoms. The fraction of sp³-hybridized carbons (Fsp3) is 0.182. The zero-order valence-electron chi connectivity index (χ0n) is 16.9. The molecule has 168 valence electrons. The average molecular weight is 471 g/mol. The Labute approximate surface area is 189 Å². The van der Waals surface area contributed by atoms with Gasteiger partial charge in [0, 0.05) is 34.1 Å². The second kappa shape index (κ2) is 8.00. The number of nitrogens with zero attached hydrogens (tertiary/aromatic N) is 3. The van der Waals surface area contributed by atoms with E-state index in [0.29, 0.717) is 36.3 Å². The van der Waals surface area contributed by atoms with E-state index in [1.165, 1.54) is 29.7 Å². The Hall–Kier alpha value is -3.73. The van der Waals surface area contributed by atoms with Crippen molar-refractivity contribution in [2.24, 2.45) is 0 Å². The van der Waals surface area contributed by atoms with Crippen LogP contribution in [0.15, 0.2) is 48.1 Å². The van der Waals surface area contributed by atoms with Crippen LogP contribution in [0.1, 0.15) is 36.7 Å². The van der Waals surface area contributed by atoms with Crippen LogP contribution in [0.2, 0.25) is 0 Å². The number of hydrogen-bond acceptors (Lipinski definition) is 5. The number of carbonyl (C=O) groups is 2. The molecule has 33 heavy (non-hydrogen) atoms. The average Bonchev–Trinajstić information content (AvgIpc) is 3.44. The molecule has 4 aromatic rings. The van der Waals surface area contributed by atoms with Gasteiger partial charge < -0.3 is 10.2 Å². The standard InChI is InChI=1S/C22H16F3N5O2S/c23-22(24,25)14-2-1-3-15(7-14)28-20(31)17-11-33-18-10-30(5-4-16(17)18)21(32)13-6-12-9-27-29-19(12)26-8-13/h1-3,6-9,11H,4-5,10H2,(H,28,31)(H,26,27,29). The molecule has 0 unspecified atom stereocenters. The van der Waals surface area contributed by atoms with Crippen molar-refractivity contribution in [1.29, 1.82) is 0 Å². The first-order valence-corrected chi connectivity index (χ1v) is 10.8. The van der Waals surface area contributed by atoms with Crippen LogP contribution in [-0.2, 0) is 19.1 Å². The van der Waals surface area contributed by atoms with E-state index in [0.717, 1.165) is 28.0 Å². The van der Waals surface area contributed by atoms with Crippen LogP contribution in [0, 0.1) is 0 Å². The second-order valence-corrected chi connectivity index (χ2v) is 8.56. The number of benzene rings is 1. The molecular formula is C22H16F3N5O2S. The first-order chi connectivity index (χ1) is 15.8. The zero-order valence-corrected chi connectivity index (χ0v) is 17.8. The van der Waals surface area contributed by atoms with E-state index in [4.69, 9.17) is 0 Å². The molecule has 2 amide bonds. The molecule has 0 saturated carbocycles. The third-order valence-electron chi connectivity index (χ3n) is 5.46. The fourth-order valence-electron chi connectivity index (χ4n) is 3.80. The number of hydrogen-bond donors (Lipinski definition) is 2. The molecule has 5 rings (SSSR count). The third kappa shape index (κ3) is 4.07. The van der Waals surface area contributed by atoms with Crippen LogP contribution in [0.25, 0.3) is 11.0 Å². The van der Waals surface area contributed by atoms with Gasteiger partial charge in [-0.15, -0.1) is 11.3 Å². The molecule has 0 aliphatic carbocycles. The SMILES string of the molecule is O=C(Nc1cccc(C(F)(F)F)c1)c1csc2c1CCN(C(=O)c1cnc3[nH]ncc3c1)C2. The lowest BCUT2D eigenvalue weighted by Gasteiger charge is -2.27. The topological polar surface area (TPSA) is 91.0 Å². The zero-order chi connectivity index (χ0) is 23.2. The van der Waals surface area contributed by atoms with E-state index >= 15 is 0 Å². The number of H-pyrrole nitrogens is 1. The highest BCUT2D eigenvalue weighted by molar-refractivity contribution is 7.10. The predicted octanol–water partition coefficient (Wildman–Crippen LogP) is 4.49. The summed E-state index contributed by atoms with van der Waals surface area (Å²) in [5, 5.41) is 11.6. The Balaban J connectivity index is 1.31. The number of aromatic amines is 1. The lowest BCUT2D eigenvalue weighted by atomic mass is 10.0. The number of anilines is 1. The Morgan fingerprint density at radius 2 is 2.03 bits per heavy atom. The number of amides is 2. The maximum atomic E-state index is 13.0. The Morgan fingerprint density at radius 3 is 2.85 bits per heavy atom. The van der Waals surface area contributed by atoms with Gasteiger partial charge in [0.2, 0.25) is 0 Å². The number of nitrogens with one attached hydrogen (secondary N) is 2. The lowest BCUT2D eigenvalue weighted by Crippen LogP contribution is -2.35. The maximum absolute atomic E-state index is 13.0. The van der Waals surface area contributed by atoms with Crippen molar-refractivity contribution in [3.8, 4) is 0 Å². The highest BCUT2D eigenvalue weighted by atomic mass is 32.1. The monoisotopic (exact) mass is 471 g/mol. The normalized spacial score (nSPS) is 13.7. The van der Waals surface area contributed by atoms with Crippen LogP contribution in [0.3, 0.4) is 0 Å². The van der Waals surface area contributed by atoms with Crippen molar-refractivity contribution in [2.45, 2.75) is 19.1 Å². The third-order valence-corrected chi connectivity index (χ3v) is 6.48. The molecule has 11 heteroatoms. The van der Waals surface area contributed by atoms with Gasteiger partial charge in [0.1, 0.15) is 0 Å². The van der Waals surface area contributed by atoms with Gasteiger partial charge in [-0.1, -0.05) is 6.07 Å². The van der Waals surface area contributed by atoms with E-state index in [-0.39, 0.29) is 11.6 Å². The molecule has 0 saturated heterocycles. The molecule has 0 atom stereocenters. The van der Waals surface area contributed by atoms with Crippen molar-refractivity contribution in [1.82, 2.24) is 20.1 Å². The molecule has 7 nitrogen and oxygen atoms in total. The van der Waals surface area contributed by atoms with Gasteiger partial charge in [0.05, 0.1) is 29.4 Å². The van der Waals surface area contributed by atoms with E-state index in [9.17, 15) is 22.8 Å². The van der Waals surface area contributed by atoms with Crippen LogP contribution < -0.4 is 5.32 Å². The summed E-state index contributed by atoms with van der Waals surface area (Å²) in [6.45, 7) is 0.759.